The first kappa shape index (κ1) is 11.5. The maximum Gasteiger partial charge on any atom is 0.417 e. The Hall–Kier alpha value is -1.59. The van der Waals surface area contributed by atoms with E-state index in [0.29, 0.717) is 31.3 Å². The highest BCUT2D eigenvalue weighted by Gasteiger charge is 2.44. The Labute approximate surface area is 104 Å². The maximum absolute atomic E-state index is 11.2. The molecule has 2 heterocycles. The lowest BCUT2D eigenvalue weighted by molar-refractivity contribution is -0.0853. The van der Waals surface area contributed by atoms with Crippen LogP contribution >= 0.6 is 0 Å². The summed E-state index contributed by atoms with van der Waals surface area (Å²) >= 11 is 0. The van der Waals surface area contributed by atoms with Crippen molar-refractivity contribution < 1.29 is 9.15 Å². The standard InChI is InChI=1S/C13H16N2O3/c1-8(5-14)13(6-17-7-13)9-2-3-11-10(4-9)15-12(16)18-11/h2-4,8H,5-7,14H2,1H3,(H,15,16). The topological polar surface area (TPSA) is 81.2 Å². The van der Waals surface area contributed by atoms with Gasteiger partial charge < -0.3 is 14.9 Å². The minimum Gasteiger partial charge on any atom is -0.408 e. The molecule has 1 aromatic carbocycles. The van der Waals surface area contributed by atoms with Crippen molar-refractivity contribution in [2.45, 2.75) is 12.3 Å². The summed E-state index contributed by atoms with van der Waals surface area (Å²) in [6, 6.07) is 5.79. The minimum atomic E-state index is -0.423. The van der Waals surface area contributed by atoms with Gasteiger partial charge in [-0.25, -0.2) is 4.79 Å². The van der Waals surface area contributed by atoms with Gasteiger partial charge in [0.15, 0.2) is 5.58 Å². The minimum absolute atomic E-state index is 0.0307. The van der Waals surface area contributed by atoms with E-state index >= 15 is 0 Å². The molecular formula is C13H16N2O3. The quantitative estimate of drug-likeness (QED) is 0.848. The van der Waals surface area contributed by atoms with Crippen molar-refractivity contribution in [1.82, 2.24) is 4.98 Å². The van der Waals surface area contributed by atoms with E-state index in [9.17, 15) is 4.79 Å². The number of nitrogens with one attached hydrogen (secondary N) is 1. The van der Waals surface area contributed by atoms with E-state index in [0.717, 1.165) is 11.1 Å². The summed E-state index contributed by atoms with van der Waals surface area (Å²) in [5.41, 5.74) is 8.22. The third kappa shape index (κ3) is 1.51. The van der Waals surface area contributed by atoms with Crippen LogP contribution in [0.5, 0.6) is 0 Å². The lowest BCUT2D eigenvalue weighted by Crippen LogP contribution is -2.53. The molecule has 5 nitrogen and oxygen atoms in total. The molecule has 1 fully saturated rings. The number of oxazole rings is 1. The van der Waals surface area contributed by atoms with E-state index in [-0.39, 0.29) is 5.41 Å². The summed E-state index contributed by atoms with van der Waals surface area (Å²) in [4.78, 5) is 13.8. The van der Waals surface area contributed by atoms with Crippen LogP contribution in [-0.4, -0.2) is 24.7 Å². The molecule has 0 radical (unpaired) electrons. The molecule has 1 aromatic heterocycles. The van der Waals surface area contributed by atoms with Gasteiger partial charge in [0.25, 0.3) is 0 Å². The van der Waals surface area contributed by atoms with Crippen molar-refractivity contribution >= 4 is 11.1 Å². The van der Waals surface area contributed by atoms with Crippen molar-refractivity contribution in [3.05, 3.63) is 34.3 Å². The fraction of sp³-hybridized carbons (Fsp3) is 0.462. The van der Waals surface area contributed by atoms with Gasteiger partial charge in [0.2, 0.25) is 0 Å². The van der Waals surface area contributed by atoms with Crippen molar-refractivity contribution in [2.24, 2.45) is 11.7 Å². The van der Waals surface area contributed by atoms with Gasteiger partial charge in [0.05, 0.1) is 18.7 Å². The second-order valence-electron chi connectivity index (χ2n) is 5.01. The summed E-state index contributed by atoms with van der Waals surface area (Å²) in [6.45, 7) is 4.10. The molecule has 0 amide bonds. The maximum atomic E-state index is 11.2. The highest BCUT2D eigenvalue weighted by Crippen LogP contribution is 2.39. The highest BCUT2D eigenvalue weighted by atomic mass is 16.5. The Bertz CT molecular complexity index is 624. The number of aromatic amines is 1. The van der Waals surface area contributed by atoms with Gasteiger partial charge in [-0.2, -0.15) is 0 Å². The van der Waals surface area contributed by atoms with Gasteiger partial charge in [0.1, 0.15) is 0 Å². The van der Waals surface area contributed by atoms with Gasteiger partial charge in [-0.1, -0.05) is 13.0 Å². The Morgan fingerprint density at radius 2 is 2.28 bits per heavy atom. The van der Waals surface area contributed by atoms with Crippen LogP contribution in [0.1, 0.15) is 12.5 Å². The van der Waals surface area contributed by atoms with Gasteiger partial charge in [-0.05, 0) is 30.2 Å². The summed E-state index contributed by atoms with van der Waals surface area (Å²) in [6.07, 6.45) is 0. The predicted octanol–water partition coefficient (Wildman–Crippen LogP) is 0.984. The number of rotatable bonds is 3. The average Bonchev–Trinajstić information content (AvgIpc) is 2.66. The van der Waals surface area contributed by atoms with Crippen molar-refractivity contribution in [3.63, 3.8) is 0 Å². The van der Waals surface area contributed by atoms with E-state index in [4.69, 9.17) is 14.9 Å². The molecule has 1 aliphatic heterocycles. The lowest BCUT2D eigenvalue weighted by Gasteiger charge is -2.46. The van der Waals surface area contributed by atoms with Crippen LogP contribution < -0.4 is 11.5 Å². The molecule has 5 heteroatoms. The van der Waals surface area contributed by atoms with Crippen molar-refractivity contribution in [1.29, 1.82) is 0 Å². The Morgan fingerprint density at radius 1 is 1.50 bits per heavy atom. The third-order valence-corrected chi connectivity index (χ3v) is 4.01. The Morgan fingerprint density at radius 3 is 2.89 bits per heavy atom. The Balaban J connectivity index is 2.09. The van der Waals surface area contributed by atoms with Crippen LogP contribution in [-0.2, 0) is 10.2 Å². The molecular weight excluding hydrogens is 232 g/mol. The molecule has 0 saturated carbocycles. The zero-order valence-electron chi connectivity index (χ0n) is 10.2. The number of hydrogen-bond donors (Lipinski definition) is 2. The molecule has 18 heavy (non-hydrogen) atoms. The van der Waals surface area contributed by atoms with Crippen LogP contribution in [0.4, 0.5) is 0 Å². The number of aromatic nitrogens is 1. The Kier molecular flexibility index (Phi) is 2.53. The molecule has 3 N–H and O–H groups in total. The van der Waals surface area contributed by atoms with Crippen LogP contribution in [0.15, 0.2) is 27.4 Å². The van der Waals surface area contributed by atoms with Crippen LogP contribution in [0, 0.1) is 5.92 Å². The van der Waals surface area contributed by atoms with E-state index in [1.165, 1.54) is 0 Å². The first-order chi connectivity index (χ1) is 8.65. The van der Waals surface area contributed by atoms with E-state index in [2.05, 4.69) is 11.9 Å². The first-order valence-corrected chi connectivity index (χ1v) is 6.07. The normalized spacial score (nSPS) is 19.7. The molecule has 1 saturated heterocycles. The summed E-state index contributed by atoms with van der Waals surface area (Å²) in [5, 5.41) is 0. The largest absolute Gasteiger partial charge is 0.417 e. The number of nitrogens with two attached hydrogens (primary N) is 1. The van der Waals surface area contributed by atoms with E-state index in [1.54, 1.807) is 0 Å². The molecule has 1 atom stereocenters. The van der Waals surface area contributed by atoms with E-state index < -0.39 is 5.76 Å². The zero-order chi connectivity index (χ0) is 12.8. The highest BCUT2D eigenvalue weighted by molar-refractivity contribution is 5.73. The molecule has 2 aromatic rings. The second-order valence-corrected chi connectivity index (χ2v) is 5.01. The first-order valence-electron chi connectivity index (χ1n) is 6.07. The molecule has 0 bridgehead atoms. The number of hydrogen-bond acceptors (Lipinski definition) is 4. The second kappa shape index (κ2) is 3.96. The molecule has 3 rings (SSSR count). The van der Waals surface area contributed by atoms with E-state index in [1.807, 2.05) is 18.2 Å². The summed E-state index contributed by atoms with van der Waals surface area (Å²) < 4.78 is 10.4. The fourth-order valence-electron chi connectivity index (χ4n) is 2.54. The van der Waals surface area contributed by atoms with Crippen LogP contribution in [0.3, 0.4) is 0 Å². The molecule has 96 valence electrons. The average molecular weight is 248 g/mol. The number of fused-ring (bicyclic) bond motifs is 1. The predicted molar refractivity (Wildman–Crippen MR) is 67.6 cm³/mol. The summed E-state index contributed by atoms with van der Waals surface area (Å²) in [5.74, 6) is -0.0877. The fourth-order valence-corrected chi connectivity index (χ4v) is 2.54. The number of benzene rings is 1. The van der Waals surface area contributed by atoms with Gasteiger partial charge in [0, 0.05) is 5.41 Å². The zero-order valence-corrected chi connectivity index (χ0v) is 10.2. The van der Waals surface area contributed by atoms with Crippen LogP contribution in [0.25, 0.3) is 11.1 Å². The molecule has 1 aliphatic rings. The van der Waals surface area contributed by atoms with Gasteiger partial charge in [-0.15, -0.1) is 0 Å². The number of H-pyrrole nitrogens is 1. The summed E-state index contributed by atoms with van der Waals surface area (Å²) in [7, 11) is 0. The van der Waals surface area contributed by atoms with Crippen molar-refractivity contribution in [2.75, 3.05) is 19.8 Å². The van der Waals surface area contributed by atoms with Crippen molar-refractivity contribution in [3.8, 4) is 0 Å². The SMILES string of the molecule is CC(CN)C1(c2ccc3oc(=O)[nH]c3c2)COC1. The van der Waals surface area contributed by atoms with Crippen LogP contribution in [0.2, 0.25) is 0 Å². The molecule has 1 unspecified atom stereocenters. The number of ether oxygens (including phenoxy) is 1. The van der Waals surface area contributed by atoms with Gasteiger partial charge >= 0.3 is 5.76 Å². The monoisotopic (exact) mass is 248 g/mol. The molecule has 0 spiro atoms. The van der Waals surface area contributed by atoms with Gasteiger partial charge in [-0.3, -0.25) is 4.98 Å². The third-order valence-electron chi connectivity index (χ3n) is 4.01. The lowest BCUT2D eigenvalue weighted by atomic mass is 9.69. The smallest absolute Gasteiger partial charge is 0.408 e. The molecule has 0 aliphatic carbocycles.